The third-order valence-electron chi connectivity index (χ3n) is 4.01. The Bertz CT molecular complexity index is 617. The Balaban J connectivity index is 1.90. The van der Waals surface area contributed by atoms with Crippen molar-refractivity contribution < 1.29 is 13.2 Å². The molecule has 0 radical (unpaired) electrons. The first kappa shape index (κ1) is 13.7. The highest BCUT2D eigenvalue weighted by Crippen LogP contribution is 2.37. The molecule has 2 bridgehead atoms. The van der Waals surface area contributed by atoms with Gasteiger partial charge >= 0.3 is 0 Å². The van der Waals surface area contributed by atoms with E-state index in [9.17, 15) is 8.42 Å². The van der Waals surface area contributed by atoms with Crippen molar-refractivity contribution in [3.8, 4) is 0 Å². The van der Waals surface area contributed by atoms with Crippen molar-refractivity contribution in [2.75, 3.05) is 18.1 Å². The van der Waals surface area contributed by atoms with Crippen molar-refractivity contribution >= 4 is 21.4 Å². The highest BCUT2D eigenvalue weighted by molar-refractivity contribution is 7.89. The lowest BCUT2D eigenvalue weighted by molar-refractivity contribution is 0.102. The number of fused-ring (bicyclic) bond motifs is 2. The van der Waals surface area contributed by atoms with Gasteiger partial charge in [0, 0.05) is 5.69 Å². The lowest BCUT2D eigenvalue weighted by atomic mass is 9.95. The van der Waals surface area contributed by atoms with Gasteiger partial charge in [0.15, 0.2) is 0 Å². The molecule has 3 rings (SSSR count). The minimum atomic E-state index is -3.54. The number of nitrogen functional groups attached to an aromatic ring is 1. The fourth-order valence-electron chi connectivity index (χ4n) is 2.98. The molecule has 20 heavy (non-hydrogen) atoms. The van der Waals surface area contributed by atoms with Crippen LogP contribution in [0.15, 0.2) is 23.1 Å². The van der Waals surface area contributed by atoms with E-state index in [-0.39, 0.29) is 17.0 Å². The fourth-order valence-corrected chi connectivity index (χ4v) is 3.91. The number of sulfonamides is 1. The SMILES string of the molecule is CNS(=O)(=O)c1cc(N)ccc1NC1CC2CCC1O2. The summed E-state index contributed by atoms with van der Waals surface area (Å²) in [7, 11) is -2.15. The summed E-state index contributed by atoms with van der Waals surface area (Å²) in [6.07, 6.45) is 3.56. The number of ether oxygens (including phenoxy) is 1. The predicted octanol–water partition coefficient (Wildman–Crippen LogP) is 0.909. The van der Waals surface area contributed by atoms with E-state index in [1.54, 1.807) is 12.1 Å². The van der Waals surface area contributed by atoms with Crippen molar-refractivity contribution in [3.63, 3.8) is 0 Å². The molecule has 0 amide bonds. The average Bonchev–Trinajstić information content (AvgIpc) is 3.03. The van der Waals surface area contributed by atoms with Crippen molar-refractivity contribution in [2.24, 2.45) is 0 Å². The molecule has 2 heterocycles. The molecule has 0 aliphatic carbocycles. The van der Waals surface area contributed by atoms with Crippen LogP contribution in [0.5, 0.6) is 0 Å². The molecule has 4 N–H and O–H groups in total. The van der Waals surface area contributed by atoms with E-state index < -0.39 is 10.0 Å². The Morgan fingerprint density at radius 1 is 1.35 bits per heavy atom. The zero-order valence-corrected chi connectivity index (χ0v) is 12.1. The Morgan fingerprint density at radius 2 is 2.15 bits per heavy atom. The summed E-state index contributed by atoms with van der Waals surface area (Å²) in [6, 6.07) is 5.06. The van der Waals surface area contributed by atoms with Crippen LogP contribution in [-0.4, -0.2) is 33.7 Å². The summed E-state index contributed by atoms with van der Waals surface area (Å²) in [5, 5.41) is 3.31. The number of hydrogen-bond acceptors (Lipinski definition) is 5. The molecule has 1 aromatic rings. The van der Waals surface area contributed by atoms with Crippen LogP contribution in [0.2, 0.25) is 0 Å². The van der Waals surface area contributed by atoms with Crippen LogP contribution in [0.1, 0.15) is 19.3 Å². The zero-order chi connectivity index (χ0) is 14.3. The number of benzene rings is 1. The molecule has 0 aromatic heterocycles. The van der Waals surface area contributed by atoms with Crippen LogP contribution in [0.3, 0.4) is 0 Å². The fraction of sp³-hybridized carbons (Fsp3) is 0.538. The zero-order valence-electron chi connectivity index (χ0n) is 11.3. The third-order valence-corrected chi connectivity index (χ3v) is 5.47. The third kappa shape index (κ3) is 2.36. The summed E-state index contributed by atoms with van der Waals surface area (Å²) in [5.74, 6) is 0. The van der Waals surface area contributed by atoms with Crippen molar-refractivity contribution in [1.82, 2.24) is 4.72 Å². The molecule has 2 aliphatic heterocycles. The first-order chi connectivity index (χ1) is 9.49. The minimum absolute atomic E-state index is 0.170. The second-order valence-corrected chi connectivity index (χ2v) is 7.18. The summed E-state index contributed by atoms with van der Waals surface area (Å²) in [5.41, 5.74) is 6.71. The van der Waals surface area contributed by atoms with Crippen LogP contribution in [0, 0.1) is 0 Å². The maximum Gasteiger partial charge on any atom is 0.242 e. The monoisotopic (exact) mass is 297 g/mol. The minimum Gasteiger partial charge on any atom is -0.399 e. The highest BCUT2D eigenvalue weighted by atomic mass is 32.2. The van der Waals surface area contributed by atoms with Gasteiger partial charge < -0.3 is 15.8 Å². The first-order valence-electron chi connectivity index (χ1n) is 6.74. The van der Waals surface area contributed by atoms with Gasteiger partial charge in [-0.2, -0.15) is 0 Å². The lowest BCUT2D eigenvalue weighted by Gasteiger charge is -2.23. The molecule has 6 nitrogen and oxygen atoms in total. The van der Waals surface area contributed by atoms with Gasteiger partial charge in [0.05, 0.1) is 23.9 Å². The molecular weight excluding hydrogens is 278 g/mol. The predicted molar refractivity (Wildman–Crippen MR) is 77.0 cm³/mol. The summed E-state index contributed by atoms with van der Waals surface area (Å²) >= 11 is 0. The summed E-state index contributed by atoms with van der Waals surface area (Å²) in [4.78, 5) is 0.183. The molecule has 3 unspecified atom stereocenters. The largest absolute Gasteiger partial charge is 0.399 e. The Morgan fingerprint density at radius 3 is 2.75 bits per heavy atom. The van der Waals surface area contributed by atoms with Crippen molar-refractivity contribution in [2.45, 2.75) is 42.4 Å². The number of nitrogens with two attached hydrogens (primary N) is 1. The van der Waals surface area contributed by atoms with Crippen LogP contribution >= 0.6 is 0 Å². The smallest absolute Gasteiger partial charge is 0.242 e. The Hall–Kier alpha value is -1.31. The van der Waals surface area contributed by atoms with Gasteiger partial charge in [-0.1, -0.05) is 0 Å². The van der Waals surface area contributed by atoms with Gasteiger partial charge in [-0.25, -0.2) is 13.1 Å². The number of hydrogen-bond donors (Lipinski definition) is 3. The standard InChI is InChI=1S/C13H19N3O3S/c1-15-20(17,18)13-6-8(14)2-4-10(13)16-11-7-9-3-5-12(11)19-9/h2,4,6,9,11-12,15-16H,3,5,7,14H2,1H3. The topological polar surface area (TPSA) is 93.5 Å². The highest BCUT2D eigenvalue weighted by Gasteiger charge is 2.41. The molecule has 0 spiro atoms. The van der Waals surface area contributed by atoms with Crippen LogP contribution < -0.4 is 15.8 Å². The van der Waals surface area contributed by atoms with Crippen molar-refractivity contribution in [3.05, 3.63) is 18.2 Å². The van der Waals surface area contributed by atoms with Gasteiger partial charge in [-0.3, -0.25) is 0 Å². The molecule has 1 aromatic carbocycles. The van der Waals surface area contributed by atoms with Gasteiger partial charge in [-0.15, -0.1) is 0 Å². The Labute approximate surface area is 118 Å². The van der Waals surface area contributed by atoms with Gasteiger partial charge in [0.1, 0.15) is 4.90 Å². The second-order valence-electron chi connectivity index (χ2n) is 5.32. The van der Waals surface area contributed by atoms with Crippen LogP contribution in [0.4, 0.5) is 11.4 Å². The molecule has 2 saturated heterocycles. The molecular formula is C13H19N3O3S. The van der Waals surface area contributed by atoms with Crippen LogP contribution in [-0.2, 0) is 14.8 Å². The van der Waals surface area contributed by atoms with E-state index in [1.807, 2.05) is 0 Å². The van der Waals surface area contributed by atoms with Gasteiger partial charge in [0.25, 0.3) is 0 Å². The quantitative estimate of drug-likeness (QED) is 0.718. The van der Waals surface area contributed by atoms with E-state index in [0.717, 1.165) is 19.3 Å². The van der Waals surface area contributed by atoms with Gasteiger partial charge in [-0.05, 0) is 44.5 Å². The molecule has 0 saturated carbocycles. The maximum absolute atomic E-state index is 12.1. The number of anilines is 2. The van der Waals surface area contributed by atoms with Crippen LogP contribution in [0.25, 0.3) is 0 Å². The van der Waals surface area contributed by atoms with Crippen molar-refractivity contribution in [1.29, 1.82) is 0 Å². The normalized spacial score (nSPS) is 28.8. The van der Waals surface area contributed by atoms with E-state index in [1.165, 1.54) is 13.1 Å². The van der Waals surface area contributed by atoms with E-state index in [2.05, 4.69) is 10.0 Å². The summed E-state index contributed by atoms with van der Waals surface area (Å²) < 4.78 is 32.2. The van der Waals surface area contributed by atoms with E-state index >= 15 is 0 Å². The maximum atomic E-state index is 12.1. The number of nitrogens with one attached hydrogen (secondary N) is 2. The molecule has 7 heteroatoms. The molecule has 3 atom stereocenters. The molecule has 2 fully saturated rings. The van der Waals surface area contributed by atoms with E-state index in [4.69, 9.17) is 10.5 Å². The van der Waals surface area contributed by atoms with E-state index in [0.29, 0.717) is 17.5 Å². The second kappa shape index (κ2) is 4.91. The average molecular weight is 297 g/mol. The first-order valence-corrected chi connectivity index (χ1v) is 8.23. The molecule has 110 valence electrons. The van der Waals surface area contributed by atoms with Gasteiger partial charge in [0.2, 0.25) is 10.0 Å². The molecule has 2 aliphatic rings. The summed E-state index contributed by atoms with van der Waals surface area (Å²) in [6.45, 7) is 0. The Kier molecular flexibility index (Phi) is 3.35. The number of rotatable bonds is 4. The lowest BCUT2D eigenvalue weighted by Crippen LogP contribution is -2.31.